The Labute approximate surface area is 107 Å². The van der Waals surface area contributed by atoms with E-state index in [1.54, 1.807) is 0 Å². The van der Waals surface area contributed by atoms with E-state index in [9.17, 15) is 18.5 Å². The number of benzene rings is 1. The monoisotopic (exact) mass is 323 g/mol. The van der Waals surface area contributed by atoms with Crippen LogP contribution in [-0.2, 0) is 9.84 Å². The van der Waals surface area contributed by atoms with Crippen molar-refractivity contribution in [2.75, 3.05) is 18.6 Å². The van der Waals surface area contributed by atoms with Gasteiger partial charge in [0.05, 0.1) is 21.2 Å². The molecular formula is C9H10BrNO5S. The van der Waals surface area contributed by atoms with Gasteiger partial charge < -0.3 is 4.74 Å². The topological polar surface area (TPSA) is 86.5 Å². The Morgan fingerprint density at radius 3 is 2.65 bits per heavy atom. The predicted molar refractivity (Wildman–Crippen MR) is 66.0 cm³/mol. The lowest BCUT2D eigenvalue weighted by molar-refractivity contribution is -0.384. The summed E-state index contributed by atoms with van der Waals surface area (Å²) in [5.74, 6) is 0.116. The summed E-state index contributed by atoms with van der Waals surface area (Å²) in [6.07, 6.45) is 1.10. The van der Waals surface area contributed by atoms with Crippen LogP contribution in [-0.4, -0.2) is 32.0 Å². The molecule has 0 aromatic heterocycles. The molecule has 1 rings (SSSR count). The molecule has 1 aromatic rings. The minimum atomic E-state index is -3.11. The van der Waals surface area contributed by atoms with Crippen LogP contribution in [0.15, 0.2) is 22.7 Å². The van der Waals surface area contributed by atoms with E-state index in [-0.39, 0.29) is 23.8 Å². The van der Waals surface area contributed by atoms with Gasteiger partial charge in [0.15, 0.2) is 9.84 Å². The van der Waals surface area contributed by atoms with Crippen molar-refractivity contribution < 1.29 is 18.1 Å². The summed E-state index contributed by atoms with van der Waals surface area (Å²) in [4.78, 5) is 9.99. The summed E-state index contributed by atoms with van der Waals surface area (Å²) in [5.41, 5.74) is -0.109. The Hall–Kier alpha value is -1.15. The first-order valence-corrected chi connectivity index (χ1v) is 7.39. The number of ether oxygens (including phenoxy) is 1. The fourth-order valence-corrected chi connectivity index (χ4v) is 1.77. The van der Waals surface area contributed by atoms with E-state index < -0.39 is 14.8 Å². The SMILES string of the molecule is CS(=O)(=O)CCOc1cc([N+](=O)[O-])ccc1Br. The van der Waals surface area contributed by atoms with Gasteiger partial charge in [0.25, 0.3) is 5.69 Å². The fraction of sp³-hybridized carbons (Fsp3) is 0.333. The Kier molecular flexibility index (Phi) is 4.47. The number of halogens is 1. The van der Waals surface area contributed by atoms with Gasteiger partial charge in [-0.25, -0.2) is 8.42 Å². The maximum absolute atomic E-state index is 10.9. The van der Waals surface area contributed by atoms with E-state index in [4.69, 9.17) is 4.74 Å². The van der Waals surface area contributed by atoms with Crippen molar-refractivity contribution in [3.63, 3.8) is 0 Å². The molecule has 94 valence electrons. The Bertz CT molecular complexity index is 528. The minimum absolute atomic E-state index is 0.0431. The van der Waals surface area contributed by atoms with Gasteiger partial charge in [0.1, 0.15) is 12.4 Å². The predicted octanol–water partition coefficient (Wildman–Crippen LogP) is 1.78. The number of non-ortho nitro benzene ring substituents is 1. The summed E-state index contributed by atoms with van der Waals surface area (Å²) < 4.78 is 27.5. The molecule has 0 heterocycles. The smallest absolute Gasteiger partial charge is 0.273 e. The molecule has 6 nitrogen and oxygen atoms in total. The van der Waals surface area contributed by atoms with Crippen molar-refractivity contribution in [2.24, 2.45) is 0 Å². The van der Waals surface area contributed by atoms with Gasteiger partial charge in [-0.05, 0) is 22.0 Å². The average molecular weight is 324 g/mol. The summed E-state index contributed by atoms with van der Waals surface area (Å²) in [5, 5.41) is 10.5. The fourth-order valence-electron chi connectivity index (χ4n) is 1.02. The normalized spacial score (nSPS) is 11.2. The highest BCUT2D eigenvalue weighted by atomic mass is 79.9. The van der Waals surface area contributed by atoms with Crippen LogP contribution < -0.4 is 4.74 Å². The molecule has 0 spiro atoms. The van der Waals surface area contributed by atoms with E-state index >= 15 is 0 Å². The summed E-state index contributed by atoms with van der Waals surface area (Å²) in [6, 6.07) is 4.05. The molecule has 0 radical (unpaired) electrons. The second-order valence-electron chi connectivity index (χ2n) is 3.35. The lowest BCUT2D eigenvalue weighted by Crippen LogP contribution is -2.12. The number of sulfone groups is 1. The third-order valence-electron chi connectivity index (χ3n) is 1.84. The van der Waals surface area contributed by atoms with Crippen LogP contribution in [0.2, 0.25) is 0 Å². The Morgan fingerprint density at radius 1 is 1.47 bits per heavy atom. The molecule has 0 aliphatic rings. The van der Waals surface area contributed by atoms with Crippen molar-refractivity contribution >= 4 is 31.5 Å². The zero-order chi connectivity index (χ0) is 13.1. The van der Waals surface area contributed by atoms with E-state index in [1.165, 1.54) is 18.2 Å². The van der Waals surface area contributed by atoms with Crippen molar-refractivity contribution in [2.45, 2.75) is 0 Å². The van der Waals surface area contributed by atoms with Crippen LogP contribution in [0.3, 0.4) is 0 Å². The zero-order valence-electron chi connectivity index (χ0n) is 8.92. The maximum atomic E-state index is 10.9. The summed E-state index contributed by atoms with van der Waals surface area (Å²) in [6.45, 7) is -0.0431. The molecule has 0 atom stereocenters. The number of hydrogen-bond donors (Lipinski definition) is 0. The standard InChI is InChI=1S/C9H10BrNO5S/c1-17(14,15)5-4-16-9-6-7(11(12)13)2-3-8(9)10/h2-3,6H,4-5H2,1H3. The molecule has 17 heavy (non-hydrogen) atoms. The minimum Gasteiger partial charge on any atom is -0.491 e. The number of nitro groups is 1. The zero-order valence-corrected chi connectivity index (χ0v) is 11.3. The van der Waals surface area contributed by atoms with Gasteiger partial charge in [-0.15, -0.1) is 0 Å². The second-order valence-corrected chi connectivity index (χ2v) is 6.46. The van der Waals surface area contributed by atoms with Crippen LogP contribution in [0.5, 0.6) is 5.75 Å². The van der Waals surface area contributed by atoms with Crippen molar-refractivity contribution in [1.82, 2.24) is 0 Å². The van der Waals surface area contributed by atoms with Crippen LogP contribution >= 0.6 is 15.9 Å². The molecule has 1 aromatic carbocycles. The van der Waals surface area contributed by atoms with Crippen molar-refractivity contribution in [3.8, 4) is 5.75 Å². The van der Waals surface area contributed by atoms with Crippen LogP contribution in [0.4, 0.5) is 5.69 Å². The first kappa shape index (κ1) is 13.9. The third-order valence-corrected chi connectivity index (χ3v) is 3.40. The van der Waals surface area contributed by atoms with Gasteiger partial charge in [0.2, 0.25) is 0 Å². The van der Waals surface area contributed by atoms with Crippen LogP contribution in [0.1, 0.15) is 0 Å². The van der Waals surface area contributed by atoms with Gasteiger partial charge in [-0.3, -0.25) is 10.1 Å². The number of nitro benzene ring substituents is 1. The largest absolute Gasteiger partial charge is 0.491 e. The highest BCUT2D eigenvalue weighted by molar-refractivity contribution is 9.10. The molecule has 0 saturated heterocycles. The van der Waals surface area contributed by atoms with E-state index in [2.05, 4.69) is 15.9 Å². The van der Waals surface area contributed by atoms with Crippen LogP contribution in [0.25, 0.3) is 0 Å². The Morgan fingerprint density at radius 2 is 2.12 bits per heavy atom. The first-order chi connectivity index (χ1) is 7.79. The Balaban J connectivity index is 2.76. The third kappa shape index (κ3) is 4.70. The number of nitrogens with zero attached hydrogens (tertiary/aromatic N) is 1. The van der Waals surface area contributed by atoms with Crippen molar-refractivity contribution in [3.05, 3.63) is 32.8 Å². The van der Waals surface area contributed by atoms with Gasteiger partial charge >= 0.3 is 0 Å². The first-order valence-electron chi connectivity index (χ1n) is 4.54. The molecular weight excluding hydrogens is 314 g/mol. The highest BCUT2D eigenvalue weighted by Crippen LogP contribution is 2.29. The molecule has 0 aliphatic carbocycles. The number of rotatable bonds is 5. The molecule has 0 N–H and O–H groups in total. The average Bonchev–Trinajstić information content (AvgIpc) is 2.18. The van der Waals surface area contributed by atoms with Gasteiger partial charge in [-0.1, -0.05) is 0 Å². The quantitative estimate of drug-likeness (QED) is 0.609. The van der Waals surface area contributed by atoms with Crippen LogP contribution in [0, 0.1) is 10.1 Å². The van der Waals surface area contributed by atoms with Gasteiger partial charge in [0, 0.05) is 12.3 Å². The lowest BCUT2D eigenvalue weighted by atomic mass is 10.3. The summed E-state index contributed by atoms with van der Waals surface area (Å²) >= 11 is 3.16. The molecule has 0 saturated carbocycles. The molecule has 0 fully saturated rings. The van der Waals surface area contributed by atoms with E-state index in [1.807, 2.05) is 0 Å². The van der Waals surface area contributed by atoms with E-state index in [0.29, 0.717) is 4.47 Å². The molecule has 0 bridgehead atoms. The maximum Gasteiger partial charge on any atom is 0.273 e. The molecule has 8 heteroatoms. The van der Waals surface area contributed by atoms with E-state index in [0.717, 1.165) is 6.26 Å². The molecule has 0 amide bonds. The lowest BCUT2D eigenvalue weighted by Gasteiger charge is -2.07. The van der Waals surface area contributed by atoms with Crippen molar-refractivity contribution in [1.29, 1.82) is 0 Å². The highest BCUT2D eigenvalue weighted by Gasteiger charge is 2.11. The molecule has 0 aliphatic heterocycles. The summed E-state index contributed by atoms with van der Waals surface area (Å²) in [7, 11) is -3.11. The molecule has 0 unspecified atom stereocenters. The van der Waals surface area contributed by atoms with Gasteiger partial charge in [-0.2, -0.15) is 0 Å². The number of hydrogen-bond acceptors (Lipinski definition) is 5. The second kappa shape index (κ2) is 5.46.